The van der Waals surface area contributed by atoms with Crippen molar-refractivity contribution in [2.45, 2.75) is 413 Å². The van der Waals surface area contributed by atoms with E-state index in [-0.39, 0.29) is 25.7 Å². The summed E-state index contributed by atoms with van der Waals surface area (Å²) in [4.78, 5) is 72.8. The van der Waals surface area contributed by atoms with Crippen LogP contribution in [0, 0.1) is 11.8 Å². The molecule has 0 spiro atoms. The van der Waals surface area contributed by atoms with E-state index in [1.54, 1.807) is 0 Å². The van der Waals surface area contributed by atoms with Crippen molar-refractivity contribution in [2.24, 2.45) is 11.8 Å². The van der Waals surface area contributed by atoms with Crippen molar-refractivity contribution in [3.05, 3.63) is 0 Å². The number of esters is 4. The number of unbranched alkanes of at least 4 members (excludes halogenated alkanes) is 45. The second-order valence-electron chi connectivity index (χ2n) is 28.3. The molecule has 0 saturated carbocycles. The Morgan fingerprint density at radius 3 is 0.716 bits per heavy atom. The number of ether oxygens (including phenoxy) is 4. The molecule has 0 aromatic heterocycles. The van der Waals surface area contributed by atoms with Gasteiger partial charge in [-0.25, -0.2) is 9.13 Å². The lowest BCUT2D eigenvalue weighted by atomic mass is 10.0. The topological polar surface area (TPSA) is 237 Å². The van der Waals surface area contributed by atoms with E-state index >= 15 is 0 Å². The van der Waals surface area contributed by atoms with Crippen LogP contribution in [0.15, 0.2) is 0 Å². The first kappa shape index (κ1) is 93.1. The Labute approximate surface area is 581 Å². The quantitative estimate of drug-likeness (QED) is 0.0222. The van der Waals surface area contributed by atoms with Gasteiger partial charge in [0.1, 0.15) is 19.3 Å². The molecule has 0 bridgehead atoms. The lowest BCUT2D eigenvalue weighted by Crippen LogP contribution is -2.30. The predicted molar refractivity (Wildman–Crippen MR) is 386 cm³/mol. The average Bonchev–Trinajstić information content (AvgIpc) is 2.27. The van der Waals surface area contributed by atoms with Crippen LogP contribution in [0.1, 0.15) is 395 Å². The second kappa shape index (κ2) is 67.9. The maximum absolute atomic E-state index is 13.1. The van der Waals surface area contributed by atoms with Crippen molar-refractivity contribution < 1.29 is 80.2 Å². The molecule has 0 amide bonds. The molecule has 17 nitrogen and oxygen atoms in total. The number of phosphoric ester groups is 2. The monoisotopic (exact) mass is 1400 g/mol. The zero-order valence-electron chi connectivity index (χ0n) is 62.0. The van der Waals surface area contributed by atoms with Gasteiger partial charge in [0.05, 0.1) is 26.4 Å². The van der Waals surface area contributed by atoms with Gasteiger partial charge in [0, 0.05) is 25.7 Å². The third-order valence-corrected chi connectivity index (χ3v) is 19.6. The summed E-state index contributed by atoms with van der Waals surface area (Å²) >= 11 is 0. The molecule has 0 saturated heterocycles. The van der Waals surface area contributed by atoms with Crippen LogP contribution in [0.2, 0.25) is 0 Å². The molecule has 2 unspecified atom stereocenters. The highest BCUT2D eigenvalue weighted by Gasteiger charge is 2.30. The standard InChI is InChI=1S/C76H148O17P2/c1-7-9-11-13-15-17-19-21-23-24-25-27-29-31-36-40-48-54-60-75(80)92-71(64-86-73(78)58-52-46-39-35-30-28-26-22-20-18-16-14-12-10-8-2)66-90-94(82,83)88-62-70(77)63-89-95(84,85)91-67-72(65-87-74(79)59-53-47-43-42-45-51-57-69(5)6)93-76(81)61-55-49-41-37-33-32-34-38-44-50-56-68(3)4/h68-72,77H,7-67H2,1-6H3,(H,82,83)(H,84,85)/t70-,71-,72-/m1/s1. The summed E-state index contributed by atoms with van der Waals surface area (Å²) in [5.74, 6) is -0.686. The van der Waals surface area contributed by atoms with Crippen LogP contribution < -0.4 is 0 Å². The number of rotatable bonds is 75. The molecule has 3 N–H and O–H groups in total. The number of aliphatic hydroxyl groups excluding tert-OH is 1. The summed E-state index contributed by atoms with van der Waals surface area (Å²) in [5.41, 5.74) is 0. The lowest BCUT2D eigenvalue weighted by Gasteiger charge is -2.21. The molecule has 0 rings (SSSR count). The molecule has 0 aliphatic heterocycles. The van der Waals surface area contributed by atoms with Gasteiger partial charge in [0.2, 0.25) is 0 Å². The lowest BCUT2D eigenvalue weighted by molar-refractivity contribution is -0.161. The SMILES string of the molecule is CCCCCCCCCCCCCCCCCCCCC(=O)O[C@H](COC(=O)CCCCCCCCCCCCCCCCC)COP(=O)(O)OC[C@@H](O)COP(=O)(O)OC[C@@H](COC(=O)CCCCCCCCC(C)C)OC(=O)CCCCCCCCCCCCC(C)C. The highest BCUT2D eigenvalue weighted by molar-refractivity contribution is 7.47. The highest BCUT2D eigenvalue weighted by atomic mass is 31.2. The van der Waals surface area contributed by atoms with Gasteiger partial charge in [0.25, 0.3) is 0 Å². The first-order valence-corrected chi connectivity index (χ1v) is 42.5. The smallest absolute Gasteiger partial charge is 0.462 e. The maximum Gasteiger partial charge on any atom is 0.472 e. The van der Waals surface area contributed by atoms with Crippen molar-refractivity contribution in [3.8, 4) is 0 Å². The molecule has 95 heavy (non-hydrogen) atoms. The first-order chi connectivity index (χ1) is 45.9. The first-order valence-electron chi connectivity index (χ1n) is 39.5. The fourth-order valence-corrected chi connectivity index (χ4v) is 13.2. The molecule has 0 heterocycles. The van der Waals surface area contributed by atoms with E-state index in [1.807, 2.05) is 0 Å². The van der Waals surface area contributed by atoms with Gasteiger partial charge in [-0.1, -0.05) is 343 Å². The second-order valence-corrected chi connectivity index (χ2v) is 31.3. The molecular formula is C76H148O17P2. The van der Waals surface area contributed by atoms with Crippen LogP contribution in [0.4, 0.5) is 0 Å². The minimum absolute atomic E-state index is 0.105. The summed E-state index contributed by atoms with van der Waals surface area (Å²) in [6.45, 7) is 9.51. The van der Waals surface area contributed by atoms with Gasteiger partial charge in [-0.3, -0.25) is 37.3 Å². The van der Waals surface area contributed by atoms with Crippen LogP contribution in [0.25, 0.3) is 0 Å². The van der Waals surface area contributed by atoms with Crippen LogP contribution in [-0.2, 0) is 65.4 Å². The zero-order chi connectivity index (χ0) is 70.0. The largest absolute Gasteiger partial charge is 0.472 e. The normalized spacial score (nSPS) is 14.0. The van der Waals surface area contributed by atoms with Gasteiger partial charge in [-0.2, -0.15) is 0 Å². The molecule has 19 heteroatoms. The summed E-state index contributed by atoms with van der Waals surface area (Å²) in [6.07, 6.45) is 55.6. The summed E-state index contributed by atoms with van der Waals surface area (Å²) in [5, 5.41) is 10.6. The minimum atomic E-state index is -4.96. The molecule has 0 aliphatic rings. The van der Waals surface area contributed by atoms with Gasteiger partial charge in [-0.05, 0) is 37.5 Å². The van der Waals surface area contributed by atoms with Crippen molar-refractivity contribution >= 4 is 39.5 Å². The number of hydrogen-bond donors (Lipinski definition) is 3. The van der Waals surface area contributed by atoms with Crippen molar-refractivity contribution in [3.63, 3.8) is 0 Å². The Bertz CT molecular complexity index is 1840. The number of hydrogen-bond acceptors (Lipinski definition) is 15. The van der Waals surface area contributed by atoms with Crippen LogP contribution in [-0.4, -0.2) is 96.7 Å². The van der Waals surface area contributed by atoms with Gasteiger partial charge in [-0.15, -0.1) is 0 Å². The molecule has 0 fully saturated rings. The number of phosphoric acid groups is 2. The predicted octanol–water partition coefficient (Wildman–Crippen LogP) is 22.3. The van der Waals surface area contributed by atoms with Crippen LogP contribution >= 0.6 is 15.6 Å². The van der Waals surface area contributed by atoms with E-state index < -0.39 is 97.5 Å². The minimum Gasteiger partial charge on any atom is -0.462 e. The van der Waals surface area contributed by atoms with E-state index in [0.29, 0.717) is 31.6 Å². The number of aliphatic hydroxyl groups is 1. The maximum atomic E-state index is 13.1. The Kier molecular flexibility index (Phi) is 66.5. The molecule has 0 aromatic carbocycles. The third kappa shape index (κ3) is 70.3. The molecule has 0 radical (unpaired) electrons. The molecule has 0 aliphatic carbocycles. The number of carbonyl (C=O) groups excluding carboxylic acids is 4. The van der Waals surface area contributed by atoms with Crippen molar-refractivity contribution in [1.82, 2.24) is 0 Å². The molecule has 5 atom stereocenters. The Morgan fingerprint density at radius 2 is 0.484 bits per heavy atom. The van der Waals surface area contributed by atoms with E-state index in [0.717, 1.165) is 102 Å². The Balaban J connectivity index is 5.23. The molecule has 0 aromatic rings. The Hall–Kier alpha value is -1.94. The van der Waals surface area contributed by atoms with E-state index in [9.17, 15) is 43.2 Å². The van der Waals surface area contributed by atoms with E-state index in [2.05, 4.69) is 41.5 Å². The number of carbonyl (C=O) groups is 4. The van der Waals surface area contributed by atoms with E-state index in [4.69, 9.17) is 37.0 Å². The van der Waals surface area contributed by atoms with E-state index in [1.165, 1.54) is 205 Å². The molecular weight excluding hydrogens is 1250 g/mol. The Morgan fingerprint density at radius 1 is 0.284 bits per heavy atom. The van der Waals surface area contributed by atoms with Crippen molar-refractivity contribution in [2.75, 3.05) is 39.6 Å². The van der Waals surface area contributed by atoms with Gasteiger partial charge >= 0.3 is 39.5 Å². The fraction of sp³-hybridized carbons (Fsp3) is 0.947. The summed E-state index contributed by atoms with van der Waals surface area (Å²) in [6, 6.07) is 0. The highest BCUT2D eigenvalue weighted by Crippen LogP contribution is 2.45. The molecule has 564 valence electrons. The van der Waals surface area contributed by atoms with Crippen LogP contribution in [0.3, 0.4) is 0 Å². The zero-order valence-corrected chi connectivity index (χ0v) is 63.8. The van der Waals surface area contributed by atoms with Crippen LogP contribution in [0.5, 0.6) is 0 Å². The van der Waals surface area contributed by atoms with Gasteiger partial charge < -0.3 is 33.8 Å². The van der Waals surface area contributed by atoms with Gasteiger partial charge in [0.15, 0.2) is 12.2 Å². The average molecular weight is 1400 g/mol. The summed E-state index contributed by atoms with van der Waals surface area (Å²) < 4.78 is 68.5. The summed E-state index contributed by atoms with van der Waals surface area (Å²) in [7, 11) is -9.91. The third-order valence-electron chi connectivity index (χ3n) is 17.7. The fourth-order valence-electron chi connectivity index (χ4n) is 11.7. The van der Waals surface area contributed by atoms with Crippen molar-refractivity contribution in [1.29, 1.82) is 0 Å².